The number of hydrogen-bond acceptors (Lipinski definition) is 4. The molecule has 0 radical (unpaired) electrons. The van der Waals surface area contributed by atoms with Crippen LogP contribution in [0.1, 0.15) is 36.7 Å². The maximum Gasteiger partial charge on any atom is 0.371 e. The average Bonchev–Trinajstić information content (AvgIpc) is 2.85. The van der Waals surface area contributed by atoms with E-state index in [1.54, 1.807) is 6.07 Å². The number of carbonyl (C=O) groups excluding carboxylic acids is 1. The number of likely N-dealkylation sites (tertiary alicyclic amines) is 1. The molecule has 1 aromatic rings. The van der Waals surface area contributed by atoms with E-state index in [0.717, 1.165) is 19.4 Å². The van der Waals surface area contributed by atoms with Crippen molar-refractivity contribution in [3.8, 4) is 0 Å². The zero-order valence-electron chi connectivity index (χ0n) is 10.8. The minimum atomic E-state index is -1.09. The van der Waals surface area contributed by atoms with E-state index in [9.17, 15) is 9.59 Å². The first kappa shape index (κ1) is 14.0. The lowest BCUT2D eigenvalue weighted by atomic mass is 10.0. The van der Waals surface area contributed by atoms with Gasteiger partial charge in [0.2, 0.25) is 11.7 Å². The molecule has 0 spiro atoms. The minimum Gasteiger partial charge on any atom is -0.475 e. The van der Waals surface area contributed by atoms with Crippen molar-refractivity contribution in [1.82, 2.24) is 4.90 Å². The van der Waals surface area contributed by atoms with Gasteiger partial charge in [-0.15, -0.1) is 0 Å². The first-order valence-corrected chi connectivity index (χ1v) is 7.32. The Morgan fingerprint density at radius 1 is 1.47 bits per heavy atom. The molecule has 1 unspecified atom stereocenters. The number of hydrogen-bond donors (Lipinski definition) is 1. The molecular formula is C13H17NO4S. The number of thioether (sulfide) groups is 1. The van der Waals surface area contributed by atoms with Crippen molar-refractivity contribution in [1.29, 1.82) is 0 Å². The van der Waals surface area contributed by atoms with Crippen LogP contribution in [-0.2, 0) is 4.79 Å². The van der Waals surface area contributed by atoms with E-state index in [2.05, 4.69) is 6.92 Å². The van der Waals surface area contributed by atoms with Crippen molar-refractivity contribution < 1.29 is 19.1 Å². The Labute approximate surface area is 116 Å². The van der Waals surface area contributed by atoms with Gasteiger partial charge in [0.25, 0.3) is 0 Å². The predicted molar refractivity (Wildman–Crippen MR) is 71.4 cm³/mol. The van der Waals surface area contributed by atoms with Gasteiger partial charge in [0.15, 0.2) is 5.09 Å². The standard InChI is InChI=1S/C13H17NO4S/c1-9-4-2-3-7-14(9)11(15)8-19-12-6-5-10(18-12)13(16)17/h5-6,9H,2-4,7-8H2,1H3,(H,16,17). The number of carboxylic acid groups (broad SMARTS) is 1. The van der Waals surface area contributed by atoms with E-state index in [0.29, 0.717) is 11.1 Å². The fourth-order valence-corrected chi connectivity index (χ4v) is 2.94. The summed E-state index contributed by atoms with van der Waals surface area (Å²) >= 11 is 1.24. The van der Waals surface area contributed by atoms with E-state index in [1.165, 1.54) is 24.2 Å². The monoisotopic (exact) mass is 283 g/mol. The molecule has 1 N–H and O–H groups in total. The Balaban J connectivity index is 1.87. The van der Waals surface area contributed by atoms with Gasteiger partial charge < -0.3 is 14.4 Å². The first-order valence-electron chi connectivity index (χ1n) is 6.33. The third kappa shape index (κ3) is 3.53. The minimum absolute atomic E-state index is 0.0884. The average molecular weight is 283 g/mol. The van der Waals surface area contributed by atoms with Crippen LogP contribution in [-0.4, -0.2) is 40.2 Å². The molecule has 19 heavy (non-hydrogen) atoms. The molecule has 0 bridgehead atoms. The lowest BCUT2D eigenvalue weighted by Gasteiger charge is -2.33. The second-order valence-corrected chi connectivity index (χ2v) is 5.62. The lowest BCUT2D eigenvalue weighted by molar-refractivity contribution is -0.131. The molecule has 1 saturated heterocycles. The van der Waals surface area contributed by atoms with Gasteiger partial charge in [0, 0.05) is 12.6 Å². The fourth-order valence-electron chi connectivity index (χ4n) is 2.20. The van der Waals surface area contributed by atoms with Crippen molar-refractivity contribution in [2.24, 2.45) is 0 Å². The number of carboxylic acids is 1. The van der Waals surface area contributed by atoms with Crippen LogP contribution in [0.25, 0.3) is 0 Å². The van der Waals surface area contributed by atoms with Gasteiger partial charge >= 0.3 is 5.97 Å². The highest BCUT2D eigenvalue weighted by atomic mass is 32.2. The second-order valence-electron chi connectivity index (χ2n) is 4.64. The van der Waals surface area contributed by atoms with Gasteiger partial charge in [0.05, 0.1) is 5.75 Å². The van der Waals surface area contributed by atoms with Gasteiger partial charge in [0.1, 0.15) is 0 Å². The third-order valence-electron chi connectivity index (χ3n) is 3.25. The van der Waals surface area contributed by atoms with Gasteiger partial charge in [-0.2, -0.15) is 0 Å². The van der Waals surface area contributed by atoms with Crippen molar-refractivity contribution in [3.05, 3.63) is 17.9 Å². The summed E-state index contributed by atoms with van der Waals surface area (Å²) in [6, 6.07) is 3.28. The first-order chi connectivity index (χ1) is 9.08. The van der Waals surface area contributed by atoms with Crippen LogP contribution in [0.2, 0.25) is 0 Å². The summed E-state index contributed by atoms with van der Waals surface area (Å²) in [6.07, 6.45) is 3.29. The van der Waals surface area contributed by atoms with Crippen LogP contribution in [0.5, 0.6) is 0 Å². The van der Waals surface area contributed by atoms with Crippen LogP contribution in [0.3, 0.4) is 0 Å². The Morgan fingerprint density at radius 3 is 2.89 bits per heavy atom. The molecule has 1 amide bonds. The Hall–Kier alpha value is -1.43. The second kappa shape index (κ2) is 6.14. The number of piperidine rings is 1. The Bertz CT molecular complexity index is 471. The van der Waals surface area contributed by atoms with Gasteiger partial charge in [-0.1, -0.05) is 11.8 Å². The fraction of sp³-hybridized carbons (Fsp3) is 0.538. The van der Waals surface area contributed by atoms with E-state index >= 15 is 0 Å². The van der Waals surface area contributed by atoms with E-state index in [1.807, 2.05) is 4.90 Å². The summed E-state index contributed by atoms with van der Waals surface area (Å²) in [6.45, 7) is 2.89. The quantitative estimate of drug-likeness (QED) is 0.859. The van der Waals surface area contributed by atoms with Crippen LogP contribution < -0.4 is 0 Å². The van der Waals surface area contributed by atoms with Crippen LogP contribution in [0.4, 0.5) is 0 Å². The molecule has 5 nitrogen and oxygen atoms in total. The highest BCUT2D eigenvalue weighted by Gasteiger charge is 2.23. The molecule has 2 rings (SSSR count). The van der Waals surface area contributed by atoms with E-state index < -0.39 is 5.97 Å². The van der Waals surface area contributed by atoms with Crippen molar-refractivity contribution in [2.75, 3.05) is 12.3 Å². The summed E-state index contributed by atoms with van der Waals surface area (Å²) in [5, 5.41) is 9.20. The summed E-state index contributed by atoms with van der Waals surface area (Å²) < 4.78 is 5.10. The van der Waals surface area contributed by atoms with Gasteiger partial charge in [-0.3, -0.25) is 4.79 Å². The smallest absolute Gasteiger partial charge is 0.371 e. The molecule has 0 aromatic carbocycles. The zero-order valence-corrected chi connectivity index (χ0v) is 11.6. The Morgan fingerprint density at radius 2 is 2.26 bits per heavy atom. The number of carbonyl (C=O) groups is 2. The number of aromatic carboxylic acids is 1. The normalized spacial score (nSPS) is 19.4. The van der Waals surface area contributed by atoms with E-state index in [4.69, 9.17) is 9.52 Å². The molecule has 1 aliphatic heterocycles. The van der Waals surface area contributed by atoms with E-state index in [-0.39, 0.29) is 17.4 Å². The molecular weight excluding hydrogens is 266 g/mol. The molecule has 104 valence electrons. The molecule has 1 aliphatic rings. The third-order valence-corrected chi connectivity index (χ3v) is 4.15. The summed E-state index contributed by atoms with van der Waals surface area (Å²) in [4.78, 5) is 24.6. The SMILES string of the molecule is CC1CCCCN1C(=O)CSc1ccc(C(=O)O)o1. The highest BCUT2D eigenvalue weighted by Crippen LogP contribution is 2.23. The number of furan rings is 1. The molecule has 0 saturated carbocycles. The maximum absolute atomic E-state index is 12.1. The highest BCUT2D eigenvalue weighted by molar-refractivity contribution is 7.99. The van der Waals surface area contributed by atoms with Crippen molar-refractivity contribution in [3.63, 3.8) is 0 Å². The van der Waals surface area contributed by atoms with Crippen LogP contribution in [0.15, 0.2) is 21.6 Å². The summed E-state index contributed by atoms with van der Waals surface area (Å²) in [5.74, 6) is -0.814. The molecule has 2 heterocycles. The van der Waals surface area contributed by atoms with Gasteiger partial charge in [-0.05, 0) is 38.3 Å². The number of amides is 1. The van der Waals surface area contributed by atoms with Crippen LogP contribution >= 0.6 is 11.8 Å². The predicted octanol–water partition coefficient (Wildman–Crippen LogP) is 2.47. The lowest BCUT2D eigenvalue weighted by Crippen LogP contribution is -2.42. The number of nitrogens with zero attached hydrogens (tertiary/aromatic N) is 1. The van der Waals surface area contributed by atoms with Crippen LogP contribution in [0, 0.1) is 0 Å². The van der Waals surface area contributed by atoms with Crippen molar-refractivity contribution in [2.45, 2.75) is 37.3 Å². The largest absolute Gasteiger partial charge is 0.475 e. The summed E-state index contributed by atoms with van der Waals surface area (Å²) in [7, 11) is 0. The zero-order chi connectivity index (χ0) is 13.8. The molecule has 0 aliphatic carbocycles. The molecule has 1 atom stereocenters. The molecule has 6 heteroatoms. The molecule has 1 aromatic heterocycles. The number of rotatable bonds is 4. The van der Waals surface area contributed by atoms with Crippen molar-refractivity contribution >= 4 is 23.6 Å². The summed E-state index contributed by atoms with van der Waals surface area (Å²) in [5.41, 5.74) is 0. The maximum atomic E-state index is 12.1. The Kier molecular flexibility index (Phi) is 4.52. The topological polar surface area (TPSA) is 70.8 Å². The molecule has 1 fully saturated rings. The van der Waals surface area contributed by atoms with Gasteiger partial charge in [-0.25, -0.2) is 4.79 Å².